The second-order valence-corrected chi connectivity index (χ2v) is 10.3. The van der Waals surface area contributed by atoms with Gasteiger partial charge in [0, 0.05) is 36.7 Å². The Balaban J connectivity index is 0.00000353. The number of amides is 1. The van der Waals surface area contributed by atoms with Crippen molar-refractivity contribution in [3.05, 3.63) is 66.2 Å². The van der Waals surface area contributed by atoms with Crippen LogP contribution in [0.3, 0.4) is 0 Å². The van der Waals surface area contributed by atoms with E-state index >= 15 is 0 Å². The molecule has 8 nitrogen and oxygen atoms in total. The lowest BCUT2D eigenvalue weighted by molar-refractivity contribution is -0.118. The Hall–Kier alpha value is -3.21. The Morgan fingerprint density at radius 3 is 2.62 bits per heavy atom. The van der Waals surface area contributed by atoms with Crippen LogP contribution in [-0.4, -0.2) is 65.1 Å². The fourth-order valence-corrected chi connectivity index (χ4v) is 5.71. The van der Waals surface area contributed by atoms with Crippen LogP contribution in [0.2, 0.25) is 0 Å². The van der Waals surface area contributed by atoms with Gasteiger partial charge in [-0.2, -0.15) is 13.5 Å². The Morgan fingerprint density at radius 1 is 0.974 bits per heavy atom. The standard InChI is InChI=1S/C29H32N2O6S.H2S/c1-30(14-16-34-21-10-12-25-26(18-21)37-19-36-25)13-6-15-35-24-11-9-20(33-3)17-22(24)28-29(32)31(2)23-7-4-5-8-27(23)38-28;/h4-5,7-12,17-18,28H,6,13-16,19H2,1-3H3;1H2. The highest BCUT2D eigenvalue weighted by atomic mass is 32.2. The van der Waals surface area contributed by atoms with Crippen LogP contribution in [0.1, 0.15) is 17.2 Å². The highest BCUT2D eigenvalue weighted by Crippen LogP contribution is 2.48. The number of para-hydroxylation sites is 1. The lowest BCUT2D eigenvalue weighted by atomic mass is 10.1. The average molecular weight is 571 g/mol. The number of carbonyl (C=O) groups is 1. The van der Waals surface area contributed by atoms with Gasteiger partial charge in [0.2, 0.25) is 12.7 Å². The topological polar surface area (TPSA) is 69.7 Å². The van der Waals surface area contributed by atoms with Gasteiger partial charge in [0.15, 0.2) is 11.5 Å². The molecule has 10 heteroatoms. The van der Waals surface area contributed by atoms with E-state index in [0.717, 1.165) is 52.9 Å². The first-order valence-corrected chi connectivity index (χ1v) is 13.5. The number of ether oxygens (including phenoxy) is 5. The van der Waals surface area contributed by atoms with E-state index in [1.807, 2.05) is 67.7 Å². The maximum absolute atomic E-state index is 13.3. The molecule has 0 fully saturated rings. The van der Waals surface area contributed by atoms with Gasteiger partial charge in [0.1, 0.15) is 29.1 Å². The molecular formula is C29H34N2O6S2. The molecule has 0 spiro atoms. The van der Waals surface area contributed by atoms with Gasteiger partial charge in [-0.15, -0.1) is 11.8 Å². The molecule has 1 amide bonds. The highest BCUT2D eigenvalue weighted by molar-refractivity contribution is 8.00. The molecule has 0 aliphatic carbocycles. The number of anilines is 1. The zero-order chi connectivity index (χ0) is 26.5. The van der Waals surface area contributed by atoms with E-state index < -0.39 is 5.25 Å². The summed E-state index contributed by atoms with van der Waals surface area (Å²) in [7, 11) is 5.51. The van der Waals surface area contributed by atoms with Crippen molar-refractivity contribution < 1.29 is 28.5 Å². The predicted octanol–water partition coefficient (Wildman–Crippen LogP) is 5.13. The monoisotopic (exact) mass is 570 g/mol. The molecule has 39 heavy (non-hydrogen) atoms. The fraction of sp³-hybridized carbons (Fsp3) is 0.345. The summed E-state index contributed by atoms with van der Waals surface area (Å²) in [4.78, 5) is 18.3. The lowest BCUT2D eigenvalue weighted by Crippen LogP contribution is -2.33. The van der Waals surface area contributed by atoms with Crippen LogP contribution in [0.4, 0.5) is 5.69 Å². The maximum Gasteiger partial charge on any atom is 0.244 e. The molecule has 2 aliphatic heterocycles. The average Bonchev–Trinajstić information content (AvgIpc) is 3.41. The van der Waals surface area contributed by atoms with Crippen molar-refractivity contribution >= 4 is 36.9 Å². The molecule has 1 unspecified atom stereocenters. The molecule has 3 aromatic rings. The third kappa shape index (κ3) is 6.69. The fourth-order valence-electron chi connectivity index (χ4n) is 4.41. The number of hydrogen-bond donors (Lipinski definition) is 0. The first-order valence-electron chi connectivity index (χ1n) is 12.6. The minimum absolute atomic E-state index is 0. The molecule has 0 radical (unpaired) electrons. The van der Waals surface area contributed by atoms with Gasteiger partial charge in [0.05, 0.1) is 19.4 Å². The molecule has 0 saturated carbocycles. The third-order valence-electron chi connectivity index (χ3n) is 6.55. The second-order valence-electron chi connectivity index (χ2n) is 9.14. The van der Waals surface area contributed by atoms with Crippen LogP contribution in [0.25, 0.3) is 0 Å². The summed E-state index contributed by atoms with van der Waals surface area (Å²) in [5.74, 6) is 3.66. The number of nitrogens with zero attached hydrogens (tertiary/aromatic N) is 2. The van der Waals surface area contributed by atoms with Crippen molar-refractivity contribution in [1.82, 2.24) is 4.90 Å². The number of rotatable bonds is 11. The summed E-state index contributed by atoms with van der Waals surface area (Å²) in [5.41, 5.74) is 1.75. The summed E-state index contributed by atoms with van der Waals surface area (Å²) in [6.45, 7) is 2.98. The van der Waals surface area contributed by atoms with E-state index in [9.17, 15) is 4.79 Å². The van der Waals surface area contributed by atoms with E-state index in [1.54, 1.807) is 23.8 Å². The van der Waals surface area contributed by atoms with Crippen LogP contribution in [0.15, 0.2) is 65.6 Å². The van der Waals surface area contributed by atoms with E-state index in [0.29, 0.717) is 24.7 Å². The number of methoxy groups -OCH3 is 1. The van der Waals surface area contributed by atoms with Crippen LogP contribution < -0.4 is 28.6 Å². The first kappa shape index (κ1) is 28.8. The number of hydrogen-bond acceptors (Lipinski definition) is 8. The minimum Gasteiger partial charge on any atom is -0.497 e. The van der Waals surface area contributed by atoms with Crippen LogP contribution in [-0.2, 0) is 4.79 Å². The van der Waals surface area contributed by atoms with E-state index in [4.69, 9.17) is 23.7 Å². The Bertz CT molecular complexity index is 1290. The SMILES string of the molecule is COc1ccc(OCCCN(C)CCOc2ccc3c(c2)OCO3)c(C2Sc3ccccc3N(C)C2=O)c1.S. The highest BCUT2D eigenvalue weighted by Gasteiger charge is 2.34. The molecular weight excluding hydrogens is 536 g/mol. The zero-order valence-corrected chi connectivity index (χ0v) is 24.2. The van der Waals surface area contributed by atoms with Gasteiger partial charge in [-0.3, -0.25) is 4.79 Å². The van der Waals surface area contributed by atoms with Crippen molar-refractivity contribution in [2.24, 2.45) is 0 Å². The second kappa shape index (κ2) is 13.2. The van der Waals surface area contributed by atoms with Crippen LogP contribution >= 0.6 is 25.3 Å². The van der Waals surface area contributed by atoms with Gasteiger partial charge in [-0.25, -0.2) is 0 Å². The van der Waals surface area contributed by atoms with Gasteiger partial charge >= 0.3 is 0 Å². The van der Waals surface area contributed by atoms with Gasteiger partial charge < -0.3 is 33.5 Å². The predicted molar refractivity (Wildman–Crippen MR) is 157 cm³/mol. The summed E-state index contributed by atoms with van der Waals surface area (Å²) < 4.78 is 28.3. The minimum atomic E-state index is -0.406. The molecule has 2 heterocycles. The number of carbonyl (C=O) groups excluding carboxylic acids is 1. The maximum atomic E-state index is 13.3. The summed E-state index contributed by atoms with van der Waals surface area (Å²) >= 11 is 1.55. The summed E-state index contributed by atoms with van der Waals surface area (Å²) in [6, 6.07) is 19.2. The number of likely N-dealkylation sites (N-methyl/N-ethyl adjacent to an activating group) is 2. The molecule has 0 aromatic heterocycles. The molecule has 208 valence electrons. The van der Waals surface area contributed by atoms with Gasteiger partial charge in [-0.05, 0) is 55.9 Å². The van der Waals surface area contributed by atoms with Gasteiger partial charge in [0.25, 0.3) is 0 Å². The smallest absolute Gasteiger partial charge is 0.244 e. The molecule has 5 rings (SSSR count). The molecule has 0 N–H and O–H groups in total. The molecule has 0 bridgehead atoms. The third-order valence-corrected chi connectivity index (χ3v) is 7.84. The largest absolute Gasteiger partial charge is 0.497 e. The Labute approximate surface area is 240 Å². The molecule has 2 aliphatic rings. The van der Waals surface area contributed by atoms with Crippen molar-refractivity contribution in [2.75, 3.05) is 59.2 Å². The lowest BCUT2D eigenvalue weighted by Gasteiger charge is -2.32. The summed E-state index contributed by atoms with van der Waals surface area (Å²) in [6.07, 6.45) is 0.834. The summed E-state index contributed by atoms with van der Waals surface area (Å²) in [5, 5.41) is -0.406. The van der Waals surface area contributed by atoms with Crippen molar-refractivity contribution in [3.8, 4) is 28.7 Å². The van der Waals surface area contributed by atoms with E-state index in [1.165, 1.54) is 0 Å². The molecule has 1 atom stereocenters. The zero-order valence-electron chi connectivity index (χ0n) is 22.3. The van der Waals surface area contributed by atoms with E-state index in [2.05, 4.69) is 11.9 Å². The van der Waals surface area contributed by atoms with Crippen molar-refractivity contribution in [1.29, 1.82) is 0 Å². The number of thioether (sulfide) groups is 1. The van der Waals surface area contributed by atoms with Crippen LogP contribution in [0, 0.1) is 0 Å². The van der Waals surface area contributed by atoms with Crippen molar-refractivity contribution in [2.45, 2.75) is 16.6 Å². The van der Waals surface area contributed by atoms with E-state index in [-0.39, 0.29) is 26.2 Å². The number of benzene rings is 3. The van der Waals surface area contributed by atoms with Gasteiger partial charge in [-0.1, -0.05) is 12.1 Å². The normalized spacial score (nSPS) is 15.5. The number of fused-ring (bicyclic) bond motifs is 2. The Kier molecular flexibility index (Phi) is 9.77. The van der Waals surface area contributed by atoms with Crippen molar-refractivity contribution in [3.63, 3.8) is 0 Å². The van der Waals surface area contributed by atoms with Crippen LogP contribution in [0.5, 0.6) is 28.7 Å². The molecule has 0 saturated heterocycles. The Morgan fingerprint density at radius 2 is 1.77 bits per heavy atom. The molecule has 3 aromatic carbocycles. The first-order chi connectivity index (χ1) is 18.5. The quantitative estimate of drug-likeness (QED) is 0.294.